The van der Waals surface area contributed by atoms with Crippen LogP contribution in [0, 0.1) is 0 Å². The number of rotatable bonds is 4. The van der Waals surface area contributed by atoms with E-state index in [2.05, 4.69) is 135 Å². The molecule has 248 valence electrons. The summed E-state index contributed by atoms with van der Waals surface area (Å²) in [6.07, 6.45) is 7.52. The smallest absolute Gasteiger partial charge is 0.0973 e. The normalized spacial score (nSPS) is 14.5. The lowest BCUT2D eigenvalue weighted by atomic mass is 9.80. The summed E-state index contributed by atoms with van der Waals surface area (Å²) in [5, 5.41) is 0. The highest BCUT2D eigenvalue weighted by Crippen LogP contribution is 2.53. The molecule has 0 bridgehead atoms. The van der Waals surface area contributed by atoms with Gasteiger partial charge in [0.2, 0.25) is 0 Å². The Hall–Kier alpha value is -6.26. The molecule has 52 heavy (non-hydrogen) atoms. The van der Waals surface area contributed by atoms with Crippen LogP contribution in [-0.2, 0) is 10.8 Å². The lowest BCUT2D eigenvalue weighted by Crippen LogP contribution is -2.15. The predicted octanol–water partition coefficient (Wildman–Crippen LogP) is 11.7. The molecule has 0 radical (unpaired) electrons. The van der Waals surface area contributed by atoms with E-state index in [0.29, 0.717) is 0 Å². The monoisotopic (exact) mass is 668 g/mol. The number of hydrogen-bond acceptors (Lipinski definition) is 4. The Kier molecular flexibility index (Phi) is 6.53. The van der Waals surface area contributed by atoms with Gasteiger partial charge in [0.05, 0.1) is 22.4 Å². The van der Waals surface area contributed by atoms with E-state index in [0.717, 1.165) is 44.7 Å². The molecule has 3 heterocycles. The highest BCUT2D eigenvalue weighted by molar-refractivity contribution is 5.92. The van der Waals surface area contributed by atoms with Crippen LogP contribution in [-0.4, -0.2) is 19.9 Å². The Bertz CT molecular complexity index is 2540. The summed E-state index contributed by atoms with van der Waals surface area (Å²) < 4.78 is 0. The Morgan fingerprint density at radius 2 is 0.731 bits per heavy atom. The number of para-hydroxylation sites is 2. The zero-order chi connectivity index (χ0) is 35.2. The van der Waals surface area contributed by atoms with Crippen molar-refractivity contribution >= 4 is 11.0 Å². The Morgan fingerprint density at radius 3 is 1.10 bits per heavy atom. The van der Waals surface area contributed by atoms with Crippen molar-refractivity contribution in [2.75, 3.05) is 0 Å². The van der Waals surface area contributed by atoms with Crippen molar-refractivity contribution in [1.29, 1.82) is 0 Å². The maximum Gasteiger partial charge on any atom is 0.0973 e. The minimum atomic E-state index is -0.193. The third kappa shape index (κ3) is 4.53. The van der Waals surface area contributed by atoms with Gasteiger partial charge >= 0.3 is 0 Å². The molecule has 4 nitrogen and oxygen atoms in total. The summed E-state index contributed by atoms with van der Waals surface area (Å²) in [5.74, 6) is 0. The van der Waals surface area contributed by atoms with Crippen LogP contribution in [0.4, 0.5) is 0 Å². The van der Waals surface area contributed by atoms with Crippen molar-refractivity contribution in [3.63, 3.8) is 0 Å². The largest absolute Gasteiger partial charge is 0.264 e. The average molecular weight is 669 g/mol. The quantitative estimate of drug-likeness (QED) is 0.187. The van der Waals surface area contributed by atoms with Crippen LogP contribution in [0.25, 0.3) is 78.1 Å². The summed E-state index contributed by atoms with van der Waals surface area (Å²) in [4.78, 5) is 19.4. The third-order valence-electron chi connectivity index (χ3n) is 11.5. The van der Waals surface area contributed by atoms with Crippen LogP contribution >= 0.6 is 0 Å². The van der Waals surface area contributed by atoms with Gasteiger partial charge in [-0.3, -0.25) is 9.97 Å². The Labute approximate surface area is 304 Å². The van der Waals surface area contributed by atoms with Crippen molar-refractivity contribution in [2.24, 2.45) is 0 Å². The average Bonchev–Trinajstić information content (AvgIpc) is 3.56. The Balaban J connectivity index is 1.10. The first-order valence-electron chi connectivity index (χ1n) is 17.9. The van der Waals surface area contributed by atoms with Crippen LogP contribution in [0.15, 0.2) is 146 Å². The van der Waals surface area contributed by atoms with Gasteiger partial charge in [-0.25, -0.2) is 9.97 Å². The number of pyridine rings is 2. The first kappa shape index (κ1) is 30.6. The minimum absolute atomic E-state index is 0.193. The van der Waals surface area contributed by atoms with E-state index >= 15 is 0 Å². The second-order valence-electron chi connectivity index (χ2n) is 15.2. The van der Waals surface area contributed by atoms with E-state index in [1.54, 1.807) is 0 Å². The first-order chi connectivity index (χ1) is 25.3. The second kappa shape index (κ2) is 11.1. The van der Waals surface area contributed by atoms with Gasteiger partial charge in [-0.1, -0.05) is 100 Å². The first-order valence-corrected chi connectivity index (χ1v) is 17.9. The van der Waals surface area contributed by atoms with Crippen molar-refractivity contribution in [3.05, 3.63) is 168 Å². The summed E-state index contributed by atoms with van der Waals surface area (Å²) >= 11 is 0. The fourth-order valence-electron chi connectivity index (χ4n) is 8.60. The molecule has 0 fully saturated rings. The van der Waals surface area contributed by atoms with Crippen LogP contribution in [0.3, 0.4) is 0 Å². The van der Waals surface area contributed by atoms with Gasteiger partial charge in [0.15, 0.2) is 0 Å². The maximum atomic E-state index is 5.34. The van der Waals surface area contributed by atoms with E-state index < -0.39 is 0 Å². The summed E-state index contributed by atoms with van der Waals surface area (Å²) in [5.41, 5.74) is 20.4. The number of nitrogens with zero attached hydrogens (tertiary/aromatic N) is 4. The molecule has 5 aromatic carbocycles. The van der Waals surface area contributed by atoms with Gasteiger partial charge in [-0.05, 0) is 115 Å². The van der Waals surface area contributed by atoms with Crippen LogP contribution < -0.4 is 0 Å². The number of hydrogen-bond donors (Lipinski definition) is 0. The molecule has 0 atom stereocenters. The van der Waals surface area contributed by atoms with Crippen molar-refractivity contribution in [2.45, 2.75) is 38.5 Å². The summed E-state index contributed by atoms with van der Waals surface area (Å²) in [7, 11) is 0. The molecule has 0 unspecified atom stereocenters. The van der Waals surface area contributed by atoms with Crippen LogP contribution in [0.1, 0.15) is 49.9 Å². The zero-order valence-electron chi connectivity index (χ0n) is 29.6. The van der Waals surface area contributed by atoms with Crippen molar-refractivity contribution in [3.8, 4) is 67.0 Å². The molecular weight excluding hydrogens is 633 g/mol. The van der Waals surface area contributed by atoms with E-state index in [-0.39, 0.29) is 10.8 Å². The highest BCUT2D eigenvalue weighted by Gasteiger charge is 2.38. The van der Waals surface area contributed by atoms with Gasteiger partial charge in [0, 0.05) is 46.7 Å². The molecule has 2 aliphatic rings. The lowest BCUT2D eigenvalue weighted by molar-refractivity contribution is 0.660. The van der Waals surface area contributed by atoms with Gasteiger partial charge in [-0.15, -0.1) is 0 Å². The molecule has 0 N–H and O–H groups in total. The molecule has 0 saturated heterocycles. The van der Waals surface area contributed by atoms with E-state index in [4.69, 9.17) is 9.97 Å². The molecule has 10 rings (SSSR count). The van der Waals surface area contributed by atoms with Gasteiger partial charge in [0.25, 0.3) is 0 Å². The third-order valence-corrected chi connectivity index (χ3v) is 11.5. The molecule has 8 aromatic rings. The second-order valence-corrected chi connectivity index (χ2v) is 15.2. The van der Waals surface area contributed by atoms with Gasteiger partial charge in [-0.2, -0.15) is 0 Å². The molecule has 0 aliphatic heterocycles. The van der Waals surface area contributed by atoms with Crippen molar-refractivity contribution < 1.29 is 0 Å². The zero-order valence-corrected chi connectivity index (χ0v) is 29.6. The molecule has 0 amide bonds. The topological polar surface area (TPSA) is 51.6 Å². The molecule has 0 saturated carbocycles. The Morgan fingerprint density at radius 1 is 0.365 bits per heavy atom. The van der Waals surface area contributed by atoms with Crippen molar-refractivity contribution in [1.82, 2.24) is 19.9 Å². The van der Waals surface area contributed by atoms with Crippen LogP contribution in [0.5, 0.6) is 0 Å². The molecule has 0 spiro atoms. The van der Waals surface area contributed by atoms with E-state index in [1.165, 1.54) is 55.6 Å². The number of benzene rings is 5. The lowest BCUT2D eigenvalue weighted by Gasteiger charge is -2.23. The summed E-state index contributed by atoms with van der Waals surface area (Å²) in [6.45, 7) is 9.34. The van der Waals surface area contributed by atoms with Crippen LogP contribution in [0.2, 0.25) is 0 Å². The molecular formula is C48H36N4. The number of aromatic nitrogens is 4. The minimum Gasteiger partial charge on any atom is -0.264 e. The maximum absolute atomic E-state index is 5.34. The number of fused-ring (bicyclic) bond motifs is 7. The fourth-order valence-corrected chi connectivity index (χ4v) is 8.60. The van der Waals surface area contributed by atoms with Gasteiger partial charge < -0.3 is 0 Å². The molecule has 3 aromatic heterocycles. The fraction of sp³-hybridized carbons (Fsp3) is 0.125. The predicted molar refractivity (Wildman–Crippen MR) is 212 cm³/mol. The van der Waals surface area contributed by atoms with E-state index in [1.807, 2.05) is 49.1 Å². The summed E-state index contributed by atoms with van der Waals surface area (Å²) in [6, 6.07) is 43.9. The highest BCUT2D eigenvalue weighted by atomic mass is 14.8. The SMILES string of the molecule is CC1(C)c2cc(-c3cccnc3)ccc2-c2ccc(-c3nc4ccccc4nc3-c3ccc4c(c3)C(C)(C)c3cc(-c5cccnc5)ccc3-4)cc21. The van der Waals surface area contributed by atoms with E-state index in [9.17, 15) is 0 Å². The molecule has 2 aliphatic carbocycles. The van der Waals surface area contributed by atoms with Gasteiger partial charge in [0.1, 0.15) is 0 Å². The molecule has 4 heteroatoms. The standard InChI is InChI=1S/C48H36N4/c1-47(2)39-23-29(33-9-7-21-49-27-33)13-17-35(39)37-19-15-31(25-41(37)47)45-46(52-44-12-6-5-11-43(44)51-45)32-16-20-38-36-18-14-30(34-10-8-22-50-28-34)24-40(36)48(3,4)42(38)26-32/h5-28H,1-4H3.